The molecule has 2 aromatic rings. The average Bonchev–Trinajstić information content (AvgIpc) is 3.03. The highest BCUT2D eigenvalue weighted by molar-refractivity contribution is 8.00. The molecule has 1 amide bonds. The molecule has 22 heavy (non-hydrogen) atoms. The van der Waals surface area contributed by atoms with Crippen LogP contribution in [0.2, 0.25) is 0 Å². The molecule has 0 unspecified atom stereocenters. The second-order valence-corrected chi connectivity index (χ2v) is 7.36. The summed E-state index contributed by atoms with van der Waals surface area (Å²) in [6.07, 6.45) is 4.53. The number of aliphatic hydroxyl groups excluding tert-OH is 1. The Bertz CT molecular complexity index is 630. The summed E-state index contributed by atoms with van der Waals surface area (Å²) < 4.78 is 0. The number of nitrogens with zero attached hydrogens (tertiary/aromatic N) is 2. The molecule has 0 fully saturated rings. The van der Waals surface area contributed by atoms with Crippen molar-refractivity contribution in [2.45, 2.75) is 18.2 Å². The number of carbonyl (C=O) groups excluding carboxylic acids is 1. The van der Waals surface area contributed by atoms with Gasteiger partial charge in [0, 0.05) is 30.4 Å². The van der Waals surface area contributed by atoms with Gasteiger partial charge in [0.15, 0.2) is 0 Å². The van der Waals surface area contributed by atoms with Gasteiger partial charge < -0.3 is 10.0 Å². The maximum atomic E-state index is 12.9. The van der Waals surface area contributed by atoms with Crippen molar-refractivity contribution in [3.63, 3.8) is 0 Å². The van der Waals surface area contributed by atoms with Crippen molar-refractivity contribution in [1.29, 1.82) is 0 Å². The first-order valence-electron chi connectivity index (χ1n) is 7.26. The van der Waals surface area contributed by atoms with Crippen molar-refractivity contribution in [1.82, 2.24) is 9.88 Å². The molecule has 0 saturated carbocycles. The summed E-state index contributed by atoms with van der Waals surface area (Å²) >= 11 is 3.43. The third kappa shape index (κ3) is 3.34. The monoisotopic (exact) mass is 334 g/mol. The van der Waals surface area contributed by atoms with Crippen LogP contribution in [0.25, 0.3) is 0 Å². The van der Waals surface area contributed by atoms with Crippen LogP contribution < -0.4 is 0 Å². The lowest BCUT2D eigenvalue weighted by Crippen LogP contribution is -2.36. The number of hydrogen-bond donors (Lipinski definition) is 1. The fraction of sp³-hybridized carbons (Fsp3) is 0.375. The smallest absolute Gasteiger partial charge is 0.240 e. The van der Waals surface area contributed by atoms with E-state index in [-0.39, 0.29) is 17.8 Å². The molecule has 6 heteroatoms. The molecule has 2 aromatic heterocycles. The Morgan fingerprint density at radius 1 is 1.45 bits per heavy atom. The average molecular weight is 334 g/mol. The number of fused-ring (bicyclic) bond motifs is 1. The van der Waals surface area contributed by atoms with Crippen LogP contribution in [0.15, 0.2) is 36.0 Å². The summed E-state index contributed by atoms with van der Waals surface area (Å²) in [7, 11) is 0. The summed E-state index contributed by atoms with van der Waals surface area (Å²) in [5, 5.41) is 11.2. The van der Waals surface area contributed by atoms with Crippen molar-refractivity contribution < 1.29 is 9.90 Å². The fourth-order valence-corrected chi connectivity index (χ4v) is 4.99. The molecule has 0 aromatic carbocycles. The summed E-state index contributed by atoms with van der Waals surface area (Å²) in [5.41, 5.74) is 2.14. The van der Waals surface area contributed by atoms with Crippen molar-refractivity contribution in [3.05, 3.63) is 52.0 Å². The van der Waals surface area contributed by atoms with Gasteiger partial charge in [-0.3, -0.25) is 9.78 Å². The van der Waals surface area contributed by atoms with E-state index in [0.717, 1.165) is 23.3 Å². The van der Waals surface area contributed by atoms with Gasteiger partial charge in [0.05, 0.1) is 6.61 Å². The number of carbonyl (C=O) groups is 1. The van der Waals surface area contributed by atoms with Gasteiger partial charge in [-0.05, 0) is 40.8 Å². The van der Waals surface area contributed by atoms with E-state index in [1.54, 1.807) is 40.4 Å². The van der Waals surface area contributed by atoms with Gasteiger partial charge in [-0.25, -0.2) is 0 Å². The number of aromatic nitrogens is 1. The molecule has 1 aliphatic rings. The highest BCUT2D eigenvalue weighted by Gasteiger charge is 2.31. The standard InChI is InChI=1S/C16H18N2O2S2/c19-7-6-18(11-12-2-1-5-17-10-12)16(20)15-13-3-8-21-14(13)4-9-22-15/h1-3,5,8,10,15,19H,4,6-7,9,11H2/t15-/m1/s1. The molecule has 0 aliphatic carbocycles. The third-order valence-electron chi connectivity index (χ3n) is 3.68. The molecule has 3 heterocycles. The van der Waals surface area contributed by atoms with E-state index < -0.39 is 0 Å². The Balaban J connectivity index is 1.79. The number of hydrogen-bond acceptors (Lipinski definition) is 5. The highest BCUT2D eigenvalue weighted by atomic mass is 32.2. The van der Waals surface area contributed by atoms with Crippen LogP contribution in [0.4, 0.5) is 0 Å². The quantitative estimate of drug-likeness (QED) is 0.913. The van der Waals surface area contributed by atoms with E-state index in [1.807, 2.05) is 12.1 Å². The van der Waals surface area contributed by atoms with Gasteiger partial charge in [-0.1, -0.05) is 6.07 Å². The van der Waals surface area contributed by atoms with Crippen molar-refractivity contribution in [2.75, 3.05) is 18.9 Å². The summed E-state index contributed by atoms with van der Waals surface area (Å²) in [6, 6.07) is 5.88. The number of pyridine rings is 1. The number of aryl methyl sites for hydroxylation is 1. The number of thioether (sulfide) groups is 1. The van der Waals surface area contributed by atoms with E-state index in [9.17, 15) is 9.90 Å². The number of rotatable bonds is 5. The molecule has 1 atom stereocenters. The van der Waals surface area contributed by atoms with Gasteiger partial charge in [0.25, 0.3) is 0 Å². The fourth-order valence-electron chi connectivity index (χ4n) is 2.62. The minimum atomic E-state index is -0.141. The topological polar surface area (TPSA) is 53.4 Å². The lowest BCUT2D eigenvalue weighted by molar-refractivity contribution is -0.131. The normalized spacial score (nSPS) is 17.0. The Labute approximate surface area is 138 Å². The van der Waals surface area contributed by atoms with Gasteiger partial charge in [0.1, 0.15) is 5.25 Å². The summed E-state index contributed by atoms with van der Waals surface area (Å²) in [4.78, 5) is 20.1. The number of thiophene rings is 1. The zero-order chi connectivity index (χ0) is 15.4. The lowest BCUT2D eigenvalue weighted by Gasteiger charge is -2.29. The maximum Gasteiger partial charge on any atom is 0.240 e. The van der Waals surface area contributed by atoms with Crippen molar-refractivity contribution in [2.24, 2.45) is 0 Å². The van der Waals surface area contributed by atoms with Gasteiger partial charge in [-0.15, -0.1) is 23.1 Å². The van der Waals surface area contributed by atoms with Crippen LogP contribution >= 0.6 is 23.1 Å². The number of amides is 1. The van der Waals surface area contributed by atoms with E-state index in [2.05, 4.69) is 16.4 Å². The maximum absolute atomic E-state index is 12.9. The van der Waals surface area contributed by atoms with Gasteiger partial charge in [-0.2, -0.15) is 0 Å². The molecule has 0 bridgehead atoms. The Morgan fingerprint density at radius 2 is 2.36 bits per heavy atom. The van der Waals surface area contributed by atoms with E-state index in [0.29, 0.717) is 13.1 Å². The van der Waals surface area contributed by atoms with E-state index >= 15 is 0 Å². The second kappa shape index (κ2) is 7.26. The SMILES string of the molecule is O=C([C@@H]1SCCc2sccc21)N(CCO)Cc1cccnc1. The summed E-state index contributed by atoms with van der Waals surface area (Å²) in [5.74, 6) is 1.06. The Hall–Kier alpha value is -1.37. The van der Waals surface area contributed by atoms with Crippen molar-refractivity contribution in [3.8, 4) is 0 Å². The molecule has 0 radical (unpaired) electrons. The first-order chi connectivity index (χ1) is 10.8. The first-order valence-corrected chi connectivity index (χ1v) is 9.19. The molecular formula is C16H18N2O2S2. The number of aliphatic hydroxyl groups is 1. The van der Waals surface area contributed by atoms with Crippen LogP contribution in [-0.4, -0.2) is 39.8 Å². The van der Waals surface area contributed by atoms with Gasteiger partial charge in [0.2, 0.25) is 5.91 Å². The second-order valence-electron chi connectivity index (χ2n) is 5.14. The predicted molar refractivity (Wildman–Crippen MR) is 90.0 cm³/mol. The third-order valence-corrected chi connectivity index (χ3v) is 5.90. The highest BCUT2D eigenvalue weighted by Crippen LogP contribution is 2.40. The van der Waals surface area contributed by atoms with Crippen LogP contribution in [0.1, 0.15) is 21.3 Å². The molecule has 4 nitrogen and oxygen atoms in total. The summed E-state index contributed by atoms with van der Waals surface area (Å²) in [6.45, 7) is 0.813. The molecule has 0 saturated heterocycles. The Morgan fingerprint density at radius 3 is 3.14 bits per heavy atom. The lowest BCUT2D eigenvalue weighted by atomic mass is 10.1. The molecule has 0 spiro atoms. The zero-order valence-electron chi connectivity index (χ0n) is 12.1. The van der Waals surface area contributed by atoms with Crippen LogP contribution in [0.3, 0.4) is 0 Å². The minimum Gasteiger partial charge on any atom is -0.395 e. The molecule has 116 valence electrons. The van der Waals surface area contributed by atoms with Crippen molar-refractivity contribution >= 4 is 29.0 Å². The van der Waals surface area contributed by atoms with E-state index in [4.69, 9.17) is 0 Å². The zero-order valence-corrected chi connectivity index (χ0v) is 13.8. The first kappa shape index (κ1) is 15.5. The van der Waals surface area contributed by atoms with Crippen LogP contribution in [-0.2, 0) is 17.8 Å². The molecule has 1 aliphatic heterocycles. The largest absolute Gasteiger partial charge is 0.395 e. The molecular weight excluding hydrogens is 316 g/mol. The minimum absolute atomic E-state index is 0.0279. The Kier molecular flexibility index (Phi) is 5.12. The molecule has 3 rings (SSSR count). The van der Waals surface area contributed by atoms with Crippen LogP contribution in [0.5, 0.6) is 0 Å². The van der Waals surface area contributed by atoms with Gasteiger partial charge >= 0.3 is 0 Å². The predicted octanol–water partition coefficient (Wildman–Crippen LogP) is 2.49. The molecule has 1 N–H and O–H groups in total. The van der Waals surface area contributed by atoms with E-state index in [1.165, 1.54) is 4.88 Å². The van der Waals surface area contributed by atoms with Crippen LogP contribution in [0, 0.1) is 0 Å².